The first-order chi connectivity index (χ1) is 16.3. The smallest absolute Gasteiger partial charge is 0.356 e. The summed E-state index contributed by atoms with van der Waals surface area (Å²) in [4.78, 5) is 11.7. The largest absolute Gasteiger partial charge is 0.497 e. The van der Waals surface area contributed by atoms with Crippen LogP contribution in [-0.2, 0) is 9.53 Å². The van der Waals surface area contributed by atoms with Crippen molar-refractivity contribution in [3.8, 4) is 0 Å². The van der Waals surface area contributed by atoms with Crippen LogP contribution in [0.1, 0.15) is 44.9 Å². The van der Waals surface area contributed by atoms with Crippen molar-refractivity contribution >= 4 is 5.97 Å². The summed E-state index contributed by atoms with van der Waals surface area (Å²) in [5, 5.41) is 18.1. The Morgan fingerprint density at radius 3 is 1.50 bits per heavy atom. The Balaban J connectivity index is 1.61. The number of alkyl halides is 10. The summed E-state index contributed by atoms with van der Waals surface area (Å²) in [6.45, 7) is -6.00. The molecule has 0 amide bonds. The molecular formula is C22H24F10O4. The second kappa shape index (κ2) is 7.89. The topological polar surface area (TPSA) is 66.8 Å². The highest BCUT2D eigenvalue weighted by Crippen LogP contribution is 2.69. The summed E-state index contributed by atoms with van der Waals surface area (Å²) in [5.74, 6) is -27.8. The van der Waals surface area contributed by atoms with E-state index in [-0.39, 0.29) is 12.7 Å². The Hall–Kier alpha value is -1.73. The van der Waals surface area contributed by atoms with Crippen molar-refractivity contribution in [2.24, 2.45) is 23.2 Å². The van der Waals surface area contributed by atoms with Gasteiger partial charge in [0.05, 0.1) is 18.4 Å². The lowest BCUT2D eigenvalue weighted by atomic mass is 9.48. The van der Waals surface area contributed by atoms with Gasteiger partial charge in [-0.05, 0) is 68.1 Å². The predicted molar refractivity (Wildman–Crippen MR) is 101 cm³/mol. The molecule has 0 atom stereocenters. The third-order valence-corrected chi connectivity index (χ3v) is 8.51. The number of rotatable bonds is 7. The van der Waals surface area contributed by atoms with E-state index in [4.69, 9.17) is 5.11 Å². The van der Waals surface area contributed by atoms with Crippen LogP contribution in [0.4, 0.5) is 43.9 Å². The van der Waals surface area contributed by atoms with Crippen molar-refractivity contribution in [1.29, 1.82) is 0 Å². The summed E-state index contributed by atoms with van der Waals surface area (Å²) >= 11 is 0. The van der Waals surface area contributed by atoms with E-state index < -0.39 is 65.2 Å². The van der Waals surface area contributed by atoms with E-state index in [1.807, 2.05) is 0 Å². The minimum absolute atomic E-state index is 0.119. The Morgan fingerprint density at radius 2 is 1.14 bits per heavy atom. The maximum absolute atomic E-state index is 15.0. The van der Waals surface area contributed by atoms with Crippen LogP contribution < -0.4 is 0 Å². The molecule has 0 aromatic rings. The number of hydrogen-bond donors (Lipinski definition) is 2. The SMILES string of the molecule is O=C(O)C(=COCC1(F)C(F)(F)C(F)(F)C(F)(CO)C(F)(F)C1(F)F)CC12CC3CC(CC(C3)C1)C2. The lowest BCUT2D eigenvalue weighted by Crippen LogP contribution is -2.86. The lowest BCUT2D eigenvalue weighted by molar-refractivity contribution is -0.466. The van der Waals surface area contributed by atoms with Crippen molar-refractivity contribution < 1.29 is 63.6 Å². The molecule has 2 N–H and O–H groups in total. The van der Waals surface area contributed by atoms with Gasteiger partial charge in [-0.2, -0.15) is 35.1 Å². The minimum atomic E-state index is -6.80. The summed E-state index contributed by atoms with van der Waals surface area (Å²) in [7, 11) is 0. The van der Waals surface area contributed by atoms with Crippen LogP contribution in [-0.4, -0.2) is 64.4 Å². The number of halogens is 10. The fourth-order valence-electron chi connectivity index (χ4n) is 7.10. The van der Waals surface area contributed by atoms with Crippen LogP contribution in [0, 0.1) is 23.2 Å². The number of hydrogen-bond acceptors (Lipinski definition) is 3. The van der Waals surface area contributed by atoms with Gasteiger partial charge in [-0.3, -0.25) is 0 Å². The van der Waals surface area contributed by atoms with Crippen molar-refractivity contribution in [3.05, 3.63) is 11.8 Å². The molecule has 4 bridgehead atoms. The minimum Gasteiger partial charge on any atom is -0.497 e. The van der Waals surface area contributed by atoms with Gasteiger partial charge in [0.1, 0.15) is 6.61 Å². The molecule has 5 saturated carbocycles. The van der Waals surface area contributed by atoms with Crippen molar-refractivity contribution in [2.75, 3.05) is 13.2 Å². The van der Waals surface area contributed by atoms with Gasteiger partial charge in [0.25, 0.3) is 11.3 Å². The fourth-order valence-corrected chi connectivity index (χ4v) is 7.10. The number of aliphatic hydroxyl groups excluding tert-OH is 1. The van der Waals surface area contributed by atoms with E-state index in [0.29, 0.717) is 37.0 Å². The van der Waals surface area contributed by atoms with Crippen LogP contribution in [0.5, 0.6) is 0 Å². The number of ether oxygens (including phenoxy) is 1. The van der Waals surface area contributed by atoms with Crippen LogP contribution in [0.25, 0.3) is 0 Å². The van der Waals surface area contributed by atoms with E-state index in [0.717, 1.165) is 19.3 Å². The normalized spacial score (nSPS) is 43.9. The molecule has 0 unspecified atom stereocenters. The summed E-state index contributed by atoms with van der Waals surface area (Å²) in [6, 6.07) is 0. The van der Waals surface area contributed by atoms with Crippen molar-refractivity contribution in [3.63, 3.8) is 0 Å². The van der Waals surface area contributed by atoms with Gasteiger partial charge in [0, 0.05) is 0 Å². The molecule has 4 nitrogen and oxygen atoms in total. The average molecular weight is 542 g/mol. The fraction of sp³-hybridized carbons (Fsp3) is 0.864. The third kappa shape index (κ3) is 3.27. The zero-order chi connectivity index (χ0) is 27.2. The van der Waals surface area contributed by atoms with E-state index >= 15 is 0 Å². The van der Waals surface area contributed by atoms with Gasteiger partial charge in [0.2, 0.25) is 0 Å². The quantitative estimate of drug-likeness (QED) is 0.252. The number of aliphatic carboxylic acids is 1. The molecule has 0 aromatic heterocycles. The zero-order valence-corrected chi connectivity index (χ0v) is 18.7. The summed E-state index contributed by atoms with van der Waals surface area (Å²) < 4.78 is 147. The average Bonchev–Trinajstić information content (AvgIpc) is 2.75. The van der Waals surface area contributed by atoms with E-state index in [9.17, 15) is 53.8 Å². The first kappa shape index (κ1) is 27.3. The Morgan fingerprint density at radius 1 is 0.750 bits per heavy atom. The molecule has 36 heavy (non-hydrogen) atoms. The highest BCUT2D eigenvalue weighted by atomic mass is 19.4. The molecule has 14 heteroatoms. The highest BCUT2D eigenvalue weighted by molar-refractivity contribution is 5.86. The van der Waals surface area contributed by atoms with Crippen LogP contribution in [0.15, 0.2) is 11.8 Å². The molecule has 5 aliphatic rings. The van der Waals surface area contributed by atoms with Gasteiger partial charge < -0.3 is 14.9 Å². The number of carbonyl (C=O) groups is 1. The molecule has 5 aliphatic carbocycles. The monoisotopic (exact) mass is 542 g/mol. The maximum Gasteiger partial charge on any atom is 0.356 e. The molecule has 0 spiro atoms. The molecule has 0 aliphatic heterocycles. The Labute approximate surface area is 198 Å². The number of carboxylic acid groups (broad SMARTS) is 1. The summed E-state index contributed by atoms with van der Waals surface area (Å²) in [5.41, 5.74) is -13.5. The first-order valence-corrected chi connectivity index (χ1v) is 11.3. The molecule has 206 valence electrons. The van der Waals surface area contributed by atoms with Gasteiger partial charge in [-0.15, -0.1) is 0 Å². The van der Waals surface area contributed by atoms with E-state index in [1.165, 1.54) is 0 Å². The van der Waals surface area contributed by atoms with Crippen LogP contribution in [0.3, 0.4) is 0 Å². The standard InChI is InChI=1S/C22H24F10O4/c23-17(9-33)19(25,26)21(29,30)18(24,22(31,32)20(17,27)28)10-36-8-14(15(34)35)7-16-4-11-1-12(5-16)3-13(2-11)6-16/h8,11-13,33H,1-7,9-10H2,(H,34,35). The number of aliphatic hydroxyl groups is 1. The van der Waals surface area contributed by atoms with Crippen molar-refractivity contribution in [1.82, 2.24) is 0 Å². The highest BCUT2D eigenvalue weighted by Gasteiger charge is 2.99. The molecule has 0 aromatic carbocycles. The van der Waals surface area contributed by atoms with Crippen LogP contribution >= 0.6 is 0 Å². The lowest BCUT2D eigenvalue weighted by Gasteiger charge is -2.57. The van der Waals surface area contributed by atoms with Gasteiger partial charge in [-0.1, -0.05) is 0 Å². The maximum atomic E-state index is 15.0. The van der Waals surface area contributed by atoms with Gasteiger partial charge in [-0.25, -0.2) is 13.6 Å². The second-order valence-electron chi connectivity index (χ2n) is 10.9. The molecule has 5 fully saturated rings. The van der Waals surface area contributed by atoms with Gasteiger partial charge in [0.15, 0.2) is 0 Å². The van der Waals surface area contributed by atoms with Crippen LogP contribution in [0.2, 0.25) is 0 Å². The Kier molecular flexibility index (Phi) is 5.98. The zero-order valence-electron chi connectivity index (χ0n) is 18.7. The predicted octanol–water partition coefficient (Wildman–Crippen LogP) is 5.54. The van der Waals surface area contributed by atoms with Gasteiger partial charge >= 0.3 is 29.7 Å². The third-order valence-electron chi connectivity index (χ3n) is 8.51. The number of carboxylic acids is 1. The molecule has 0 heterocycles. The molecular weight excluding hydrogens is 518 g/mol. The molecule has 5 rings (SSSR count). The molecule has 0 saturated heterocycles. The Bertz CT molecular complexity index is 884. The van der Waals surface area contributed by atoms with E-state index in [1.54, 1.807) is 0 Å². The molecule has 0 radical (unpaired) electrons. The van der Waals surface area contributed by atoms with Crippen molar-refractivity contribution in [2.45, 2.75) is 80.0 Å². The second-order valence-corrected chi connectivity index (χ2v) is 10.9. The summed E-state index contributed by atoms with van der Waals surface area (Å²) in [6.07, 6.45) is 4.77. The van der Waals surface area contributed by atoms with E-state index in [2.05, 4.69) is 4.74 Å². The first-order valence-electron chi connectivity index (χ1n) is 11.3.